The number of hydrogen-bond acceptors (Lipinski definition) is 2. The van der Waals surface area contributed by atoms with Crippen LogP contribution in [0.15, 0.2) is 24.3 Å². The lowest BCUT2D eigenvalue weighted by Gasteiger charge is -2.47. The average molecular weight is 278 g/mol. The highest BCUT2D eigenvalue weighted by molar-refractivity contribution is 5.21. The lowest BCUT2D eigenvalue weighted by atomic mass is 9.79. The molecule has 3 heteroatoms. The molecule has 1 atom stereocenters. The lowest BCUT2D eigenvalue weighted by Crippen LogP contribution is -2.61. The molecule has 0 aliphatic carbocycles. The van der Waals surface area contributed by atoms with Gasteiger partial charge < -0.3 is 10.6 Å². The Hall–Kier alpha value is -0.930. The Morgan fingerprint density at radius 1 is 1.15 bits per heavy atom. The van der Waals surface area contributed by atoms with Crippen LogP contribution in [0.3, 0.4) is 0 Å². The molecule has 0 amide bonds. The van der Waals surface area contributed by atoms with Crippen LogP contribution in [-0.2, 0) is 0 Å². The van der Waals surface area contributed by atoms with E-state index < -0.39 is 0 Å². The number of hydrogen-bond donors (Lipinski definition) is 2. The molecule has 0 bridgehead atoms. The van der Waals surface area contributed by atoms with Crippen LogP contribution in [0.2, 0.25) is 0 Å². The molecule has 0 spiro atoms. The van der Waals surface area contributed by atoms with Crippen molar-refractivity contribution in [2.75, 3.05) is 0 Å². The Morgan fingerprint density at radius 3 is 2.25 bits per heavy atom. The zero-order chi connectivity index (χ0) is 15.0. The topological polar surface area (TPSA) is 24.1 Å². The van der Waals surface area contributed by atoms with Gasteiger partial charge in [0.15, 0.2) is 0 Å². The summed E-state index contributed by atoms with van der Waals surface area (Å²) < 4.78 is 13.8. The number of rotatable bonds is 3. The molecule has 1 aromatic carbocycles. The van der Waals surface area contributed by atoms with Gasteiger partial charge in [-0.1, -0.05) is 18.2 Å². The number of piperidine rings is 1. The SMILES string of the molecule is CC(NC1CC(C)(C)NC(C)(C)C1)c1ccccc1F. The summed E-state index contributed by atoms with van der Waals surface area (Å²) >= 11 is 0. The van der Waals surface area contributed by atoms with Crippen LogP contribution in [0.4, 0.5) is 4.39 Å². The van der Waals surface area contributed by atoms with Crippen molar-refractivity contribution in [3.8, 4) is 0 Å². The summed E-state index contributed by atoms with van der Waals surface area (Å²) in [6, 6.07) is 7.46. The third kappa shape index (κ3) is 3.80. The molecule has 0 aromatic heterocycles. The van der Waals surface area contributed by atoms with Crippen LogP contribution in [-0.4, -0.2) is 17.1 Å². The van der Waals surface area contributed by atoms with Crippen molar-refractivity contribution in [2.24, 2.45) is 0 Å². The minimum Gasteiger partial charge on any atom is -0.307 e. The van der Waals surface area contributed by atoms with Crippen molar-refractivity contribution in [1.82, 2.24) is 10.6 Å². The third-order valence-electron chi connectivity index (χ3n) is 4.05. The van der Waals surface area contributed by atoms with Gasteiger partial charge in [-0.3, -0.25) is 0 Å². The zero-order valence-electron chi connectivity index (χ0n) is 13.3. The molecule has 2 nitrogen and oxygen atoms in total. The van der Waals surface area contributed by atoms with Gasteiger partial charge >= 0.3 is 0 Å². The fraction of sp³-hybridized carbons (Fsp3) is 0.647. The Labute approximate surface area is 122 Å². The highest BCUT2D eigenvalue weighted by Crippen LogP contribution is 2.30. The summed E-state index contributed by atoms with van der Waals surface area (Å²) in [5.41, 5.74) is 0.963. The monoisotopic (exact) mass is 278 g/mol. The van der Waals surface area contributed by atoms with E-state index >= 15 is 0 Å². The first-order chi connectivity index (χ1) is 9.19. The number of benzene rings is 1. The van der Waals surface area contributed by atoms with Gasteiger partial charge in [0, 0.05) is 28.7 Å². The van der Waals surface area contributed by atoms with Crippen molar-refractivity contribution in [1.29, 1.82) is 0 Å². The molecular formula is C17H27FN2. The maximum absolute atomic E-state index is 13.8. The van der Waals surface area contributed by atoms with E-state index in [0.29, 0.717) is 6.04 Å². The van der Waals surface area contributed by atoms with Gasteiger partial charge in [0.05, 0.1) is 0 Å². The van der Waals surface area contributed by atoms with E-state index in [4.69, 9.17) is 0 Å². The highest BCUT2D eigenvalue weighted by atomic mass is 19.1. The van der Waals surface area contributed by atoms with E-state index in [1.165, 1.54) is 6.07 Å². The summed E-state index contributed by atoms with van der Waals surface area (Å²) in [6.07, 6.45) is 2.10. The molecule has 0 saturated carbocycles. The maximum atomic E-state index is 13.8. The Balaban J connectivity index is 2.08. The number of nitrogens with one attached hydrogen (secondary N) is 2. The molecule has 1 aromatic rings. The van der Waals surface area contributed by atoms with Crippen molar-refractivity contribution >= 4 is 0 Å². The second-order valence-electron chi connectivity index (χ2n) is 7.41. The Morgan fingerprint density at radius 2 is 1.70 bits per heavy atom. The predicted octanol–water partition coefficient (Wildman–Crippen LogP) is 3.79. The highest BCUT2D eigenvalue weighted by Gasteiger charge is 2.38. The third-order valence-corrected chi connectivity index (χ3v) is 4.05. The standard InChI is InChI=1S/C17H27FN2/c1-12(14-8-6-7-9-15(14)18)19-13-10-16(2,3)20-17(4,5)11-13/h6-9,12-13,19-20H,10-11H2,1-5H3. The summed E-state index contributed by atoms with van der Waals surface area (Å²) in [6.45, 7) is 11.0. The van der Waals surface area contributed by atoms with Crippen molar-refractivity contribution in [2.45, 2.75) is 70.6 Å². The van der Waals surface area contributed by atoms with Crippen molar-refractivity contribution in [3.05, 3.63) is 35.6 Å². The first kappa shape index (κ1) is 15.5. The smallest absolute Gasteiger partial charge is 0.127 e. The molecule has 1 aliphatic rings. The molecule has 1 fully saturated rings. The van der Waals surface area contributed by atoms with Crippen molar-refractivity contribution in [3.63, 3.8) is 0 Å². The van der Waals surface area contributed by atoms with E-state index in [0.717, 1.165) is 18.4 Å². The quantitative estimate of drug-likeness (QED) is 0.879. The summed E-state index contributed by atoms with van der Waals surface area (Å²) in [5.74, 6) is -0.125. The van der Waals surface area contributed by atoms with E-state index in [1.54, 1.807) is 6.07 Å². The molecule has 2 rings (SSSR count). The van der Waals surface area contributed by atoms with Gasteiger partial charge in [0.1, 0.15) is 5.82 Å². The Kier molecular flexibility index (Phi) is 4.22. The lowest BCUT2D eigenvalue weighted by molar-refractivity contribution is 0.140. The van der Waals surface area contributed by atoms with Gasteiger partial charge in [0.25, 0.3) is 0 Å². The first-order valence-corrected chi connectivity index (χ1v) is 7.48. The maximum Gasteiger partial charge on any atom is 0.127 e. The fourth-order valence-corrected chi connectivity index (χ4v) is 3.71. The normalized spacial score (nSPS) is 23.5. The fourth-order valence-electron chi connectivity index (χ4n) is 3.71. The first-order valence-electron chi connectivity index (χ1n) is 7.48. The van der Waals surface area contributed by atoms with E-state index in [1.807, 2.05) is 19.1 Å². The molecule has 112 valence electrons. The average Bonchev–Trinajstić information content (AvgIpc) is 2.24. The largest absolute Gasteiger partial charge is 0.307 e. The number of halogens is 1. The van der Waals surface area contributed by atoms with E-state index in [2.05, 4.69) is 38.3 Å². The molecule has 1 aliphatic heterocycles. The molecule has 1 heterocycles. The summed E-state index contributed by atoms with van der Waals surface area (Å²) in [5, 5.41) is 7.28. The Bertz CT molecular complexity index is 452. The van der Waals surface area contributed by atoms with Crippen LogP contribution in [0.25, 0.3) is 0 Å². The van der Waals surface area contributed by atoms with Crippen LogP contribution in [0.5, 0.6) is 0 Å². The second kappa shape index (κ2) is 5.45. The van der Waals surface area contributed by atoms with Gasteiger partial charge in [-0.2, -0.15) is 0 Å². The second-order valence-corrected chi connectivity index (χ2v) is 7.41. The minimum absolute atomic E-state index is 0.0332. The predicted molar refractivity (Wildman–Crippen MR) is 82.3 cm³/mol. The zero-order valence-corrected chi connectivity index (χ0v) is 13.3. The molecule has 2 N–H and O–H groups in total. The van der Waals surface area contributed by atoms with Crippen molar-refractivity contribution < 1.29 is 4.39 Å². The van der Waals surface area contributed by atoms with Gasteiger partial charge in [-0.15, -0.1) is 0 Å². The van der Waals surface area contributed by atoms with E-state index in [-0.39, 0.29) is 22.9 Å². The summed E-state index contributed by atoms with van der Waals surface area (Å²) in [7, 11) is 0. The van der Waals surface area contributed by atoms with E-state index in [9.17, 15) is 4.39 Å². The van der Waals surface area contributed by atoms with Crippen LogP contribution >= 0.6 is 0 Å². The van der Waals surface area contributed by atoms with Crippen LogP contribution < -0.4 is 10.6 Å². The molecule has 1 unspecified atom stereocenters. The van der Waals surface area contributed by atoms with Gasteiger partial charge in [-0.05, 0) is 53.5 Å². The van der Waals surface area contributed by atoms with Gasteiger partial charge in [-0.25, -0.2) is 4.39 Å². The molecule has 1 saturated heterocycles. The molecule has 20 heavy (non-hydrogen) atoms. The van der Waals surface area contributed by atoms with Crippen LogP contribution in [0, 0.1) is 5.82 Å². The summed E-state index contributed by atoms with van der Waals surface area (Å²) in [4.78, 5) is 0. The van der Waals surface area contributed by atoms with Crippen LogP contribution in [0.1, 0.15) is 59.1 Å². The van der Waals surface area contributed by atoms with Gasteiger partial charge in [0.2, 0.25) is 0 Å². The minimum atomic E-state index is -0.125. The molecule has 0 radical (unpaired) electrons. The molecular weight excluding hydrogens is 251 g/mol.